The SMILES string of the molecule is C[C@]12CC[C@@H]3c4ccc(O)cc4CC[C@H]3[C@@]13CC[C@@H](O)[C@]2(O)CC3. The van der Waals surface area contributed by atoms with Gasteiger partial charge in [0.05, 0.1) is 11.7 Å². The Labute approximate surface area is 143 Å². The molecule has 130 valence electrons. The van der Waals surface area contributed by atoms with E-state index in [0.29, 0.717) is 17.6 Å². The van der Waals surface area contributed by atoms with Crippen LogP contribution in [0.5, 0.6) is 5.75 Å². The van der Waals surface area contributed by atoms with Gasteiger partial charge in [-0.05, 0) is 91.9 Å². The Morgan fingerprint density at radius 2 is 1.88 bits per heavy atom. The summed E-state index contributed by atoms with van der Waals surface area (Å²) < 4.78 is 0. The van der Waals surface area contributed by atoms with Gasteiger partial charge in [-0.25, -0.2) is 0 Å². The van der Waals surface area contributed by atoms with Crippen molar-refractivity contribution in [2.24, 2.45) is 16.7 Å². The monoisotopic (exact) mass is 328 g/mol. The molecule has 4 aliphatic rings. The van der Waals surface area contributed by atoms with Gasteiger partial charge in [0.2, 0.25) is 0 Å². The molecule has 3 N–H and O–H groups in total. The van der Waals surface area contributed by atoms with Gasteiger partial charge in [-0.1, -0.05) is 13.0 Å². The van der Waals surface area contributed by atoms with Gasteiger partial charge in [0.15, 0.2) is 0 Å². The Morgan fingerprint density at radius 1 is 1.04 bits per heavy atom. The van der Waals surface area contributed by atoms with Crippen molar-refractivity contribution in [3.8, 4) is 5.75 Å². The molecule has 3 heteroatoms. The minimum absolute atomic E-state index is 0.146. The van der Waals surface area contributed by atoms with Crippen molar-refractivity contribution in [2.75, 3.05) is 0 Å². The second kappa shape index (κ2) is 4.56. The van der Waals surface area contributed by atoms with E-state index in [-0.39, 0.29) is 10.8 Å². The molecule has 4 aliphatic carbocycles. The molecule has 3 fully saturated rings. The van der Waals surface area contributed by atoms with Crippen LogP contribution in [0.3, 0.4) is 0 Å². The maximum Gasteiger partial charge on any atom is 0.115 e. The first-order valence-corrected chi connectivity index (χ1v) is 9.64. The van der Waals surface area contributed by atoms with Crippen LogP contribution in [0.25, 0.3) is 0 Å². The zero-order valence-electron chi connectivity index (χ0n) is 14.5. The predicted octanol–water partition coefficient (Wildman–Crippen LogP) is 3.50. The number of phenols is 1. The highest BCUT2D eigenvalue weighted by atomic mass is 16.3. The van der Waals surface area contributed by atoms with Gasteiger partial charge in [0.25, 0.3) is 0 Å². The van der Waals surface area contributed by atoms with Gasteiger partial charge in [0, 0.05) is 5.41 Å². The topological polar surface area (TPSA) is 60.7 Å². The van der Waals surface area contributed by atoms with Crippen molar-refractivity contribution in [3.63, 3.8) is 0 Å². The van der Waals surface area contributed by atoms with Crippen molar-refractivity contribution in [2.45, 2.75) is 75.9 Å². The maximum atomic E-state index is 11.4. The summed E-state index contributed by atoms with van der Waals surface area (Å²) in [6, 6.07) is 5.93. The number of aliphatic hydroxyl groups is 2. The number of hydrogen-bond donors (Lipinski definition) is 3. The zero-order chi connectivity index (χ0) is 16.7. The summed E-state index contributed by atoms with van der Waals surface area (Å²) in [6.45, 7) is 2.27. The third-order valence-corrected chi connectivity index (χ3v) is 8.82. The molecule has 3 nitrogen and oxygen atoms in total. The number of rotatable bonds is 0. The minimum Gasteiger partial charge on any atom is -0.508 e. The van der Waals surface area contributed by atoms with Crippen LogP contribution in [-0.2, 0) is 6.42 Å². The second-order valence-electron chi connectivity index (χ2n) is 9.14. The number of benzene rings is 1. The molecular formula is C21H28O3. The quantitative estimate of drug-likeness (QED) is 0.683. The van der Waals surface area contributed by atoms with Crippen molar-refractivity contribution < 1.29 is 15.3 Å². The van der Waals surface area contributed by atoms with Gasteiger partial charge in [-0.2, -0.15) is 0 Å². The Morgan fingerprint density at radius 3 is 2.71 bits per heavy atom. The highest BCUT2D eigenvalue weighted by Crippen LogP contribution is 2.75. The van der Waals surface area contributed by atoms with E-state index in [1.165, 1.54) is 11.1 Å². The lowest BCUT2D eigenvalue weighted by atomic mass is 9.42. The van der Waals surface area contributed by atoms with E-state index in [2.05, 4.69) is 13.0 Å². The van der Waals surface area contributed by atoms with Gasteiger partial charge in [0.1, 0.15) is 5.75 Å². The Kier molecular flexibility index (Phi) is 2.89. The molecule has 2 bridgehead atoms. The number of aromatic hydroxyl groups is 1. The molecule has 24 heavy (non-hydrogen) atoms. The van der Waals surface area contributed by atoms with Crippen LogP contribution >= 0.6 is 0 Å². The standard InChI is InChI=1S/C21H28O3/c1-19-8-6-16-15-4-3-14(22)12-13(15)2-5-17(16)20(19)9-7-18(23)21(19,24)11-10-20/h3-4,12,16-18,22-24H,2,5-11H2,1H3/t16-,17-,18-,19+,20+,21-/m1/s1. The average molecular weight is 328 g/mol. The molecule has 0 heterocycles. The zero-order valence-corrected chi connectivity index (χ0v) is 14.5. The third kappa shape index (κ3) is 1.52. The van der Waals surface area contributed by atoms with Crippen LogP contribution in [-0.4, -0.2) is 27.0 Å². The van der Waals surface area contributed by atoms with E-state index in [1.807, 2.05) is 12.1 Å². The van der Waals surface area contributed by atoms with Crippen LogP contribution in [0, 0.1) is 16.7 Å². The summed E-state index contributed by atoms with van der Waals surface area (Å²) >= 11 is 0. The number of hydrogen-bond acceptors (Lipinski definition) is 3. The molecule has 0 spiro atoms. The number of aryl methyl sites for hydroxylation is 1. The molecule has 3 saturated carbocycles. The van der Waals surface area contributed by atoms with Gasteiger partial charge >= 0.3 is 0 Å². The lowest BCUT2D eigenvalue weighted by molar-refractivity contribution is -0.224. The summed E-state index contributed by atoms with van der Waals surface area (Å²) in [5.41, 5.74) is 1.90. The summed E-state index contributed by atoms with van der Waals surface area (Å²) in [5, 5.41) is 31.8. The van der Waals surface area contributed by atoms with E-state index in [1.54, 1.807) is 0 Å². The fourth-order valence-corrected chi connectivity index (χ4v) is 7.57. The summed E-state index contributed by atoms with van der Waals surface area (Å²) in [6.07, 6.45) is 7.36. The molecule has 0 radical (unpaired) electrons. The molecule has 0 unspecified atom stereocenters. The highest BCUT2D eigenvalue weighted by molar-refractivity contribution is 5.41. The third-order valence-electron chi connectivity index (χ3n) is 8.82. The molecule has 1 aromatic carbocycles. The lowest BCUT2D eigenvalue weighted by Gasteiger charge is -2.64. The molecule has 5 rings (SSSR count). The van der Waals surface area contributed by atoms with Crippen molar-refractivity contribution in [1.29, 1.82) is 0 Å². The fourth-order valence-electron chi connectivity index (χ4n) is 7.57. The first-order chi connectivity index (χ1) is 11.4. The van der Waals surface area contributed by atoms with Crippen LogP contribution in [0.4, 0.5) is 0 Å². The van der Waals surface area contributed by atoms with Crippen molar-refractivity contribution in [1.82, 2.24) is 0 Å². The van der Waals surface area contributed by atoms with Crippen molar-refractivity contribution in [3.05, 3.63) is 29.3 Å². The van der Waals surface area contributed by atoms with E-state index >= 15 is 0 Å². The largest absolute Gasteiger partial charge is 0.508 e. The van der Waals surface area contributed by atoms with E-state index in [0.717, 1.165) is 51.4 Å². The maximum absolute atomic E-state index is 11.4. The molecule has 0 aliphatic heterocycles. The number of fused-ring (bicyclic) bond motifs is 3. The summed E-state index contributed by atoms with van der Waals surface area (Å²) in [4.78, 5) is 0. The minimum atomic E-state index is -0.883. The smallest absolute Gasteiger partial charge is 0.115 e. The Hall–Kier alpha value is -1.06. The molecule has 0 amide bonds. The molecule has 0 aromatic heterocycles. The molecule has 6 atom stereocenters. The van der Waals surface area contributed by atoms with Crippen molar-refractivity contribution >= 4 is 0 Å². The highest BCUT2D eigenvalue weighted by Gasteiger charge is 2.73. The molecular weight excluding hydrogens is 300 g/mol. The molecule has 1 aromatic rings. The summed E-state index contributed by atoms with van der Waals surface area (Å²) in [5.74, 6) is 1.54. The van der Waals surface area contributed by atoms with Crippen LogP contribution in [0.2, 0.25) is 0 Å². The Bertz CT molecular complexity index is 696. The van der Waals surface area contributed by atoms with Crippen LogP contribution in [0.15, 0.2) is 18.2 Å². The van der Waals surface area contributed by atoms with Crippen LogP contribution in [0.1, 0.15) is 68.9 Å². The van der Waals surface area contributed by atoms with E-state index < -0.39 is 11.7 Å². The normalized spacial score (nSPS) is 49.2. The van der Waals surface area contributed by atoms with Crippen LogP contribution < -0.4 is 0 Å². The lowest BCUT2D eigenvalue weighted by Crippen LogP contribution is -2.64. The average Bonchev–Trinajstić information content (AvgIpc) is 2.72. The first kappa shape index (κ1) is 15.2. The van der Waals surface area contributed by atoms with E-state index in [4.69, 9.17) is 0 Å². The van der Waals surface area contributed by atoms with Gasteiger partial charge in [-0.15, -0.1) is 0 Å². The predicted molar refractivity (Wildman–Crippen MR) is 91.9 cm³/mol. The molecule has 0 saturated heterocycles. The summed E-state index contributed by atoms with van der Waals surface area (Å²) in [7, 11) is 0. The Balaban J connectivity index is 1.61. The fraction of sp³-hybridized carbons (Fsp3) is 0.714. The first-order valence-electron chi connectivity index (χ1n) is 9.64. The van der Waals surface area contributed by atoms with E-state index in [9.17, 15) is 15.3 Å². The second-order valence-corrected chi connectivity index (χ2v) is 9.14. The number of phenolic OH excluding ortho intramolecular Hbond substituents is 1. The number of aliphatic hydroxyl groups excluding tert-OH is 1. The van der Waals surface area contributed by atoms with Gasteiger partial charge < -0.3 is 15.3 Å². The van der Waals surface area contributed by atoms with Gasteiger partial charge in [-0.3, -0.25) is 0 Å².